The molecule has 12 nitrogen and oxygen atoms in total. The maximum absolute atomic E-state index is 13.6. The van der Waals surface area contributed by atoms with Gasteiger partial charge < -0.3 is 28.9 Å². The van der Waals surface area contributed by atoms with Crippen LogP contribution in [0.3, 0.4) is 0 Å². The lowest BCUT2D eigenvalue weighted by Gasteiger charge is -2.33. The van der Waals surface area contributed by atoms with E-state index in [1.54, 1.807) is 53.0 Å². The van der Waals surface area contributed by atoms with Gasteiger partial charge in [-0.3, -0.25) is 4.79 Å². The number of hydrogen-bond acceptors (Lipinski definition) is 10. The summed E-state index contributed by atoms with van der Waals surface area (Å²) in [6.45, 7) is 6.02. The van der Waals surface area contributed by atoms with Crippen LogP contribution in [-0.2, 0) is 34.7 Å². The van der Waals surface area contributed by atoms with Gasteiger partial charge in [-0.25, -0.2) is 24.5 Å². The van der Waals surface area contributed by atoms with E-state index in [4.69, 9.17) is 14.5 Å². The molecule has 0 unspecified atom stereocenters. The van der Waals surface area contributed by atoms with Crippen LogP contribution in [0.1, 0.15) is 42.5 Å². The molecule has 1 N–H and O–H groups in total. The van der Waals surface area contributed by atoms with E-state index in [-0.39, 0.29) is 29.7 Å². The Labute approximate surface area is 246 Å². The van der Waals surface area contributed by atoms with Gasteiger partial charge in [0, 0.05) is 55.1 Å². The molecule has 3 aliphatic rings. The van der Waals surface area contributed by atoms with Crippen molar-refractivity contribution in [2.45, 2.75) is 45.4 Å². The van der Waals surface area contributed by atoms with Crippen molar-refractivity contribution in [1.82, 2.24) is 24.4 Å². The van der Waals surface area contributed by atoms with Gasteiger partial charge >= 0.3 is 12.1 Å². The van der Waals surface area contributed by atoms with Crippen molar-refractivity contribution >= 4 is 28.9 Å². The van der Waals surface area contributed by atoms with E-state index < -0.39 is 17.7 Å². The summed E-state index contributed by atoms with van der Waals surface area (Å²) in [5.41, 5.74) is 2.18. The van der Waals surface area contributed by atoms with Gasteiger partial charge in [-0.05, 0) is 48.7 Å². The van der Waals surface area contributed by atoms with E-state index in [1.165, 1.54) is 0 Å². The van der Waals surface area contributed by atoms with Crippen LogP contribution in [0.4, 0.5) is 10.7 Å². The van der Waals surface area contributed by atoms with Crippen molar-refractivity contribution < 1.29 is 24.2 Å². The molecular weight excluding hydrogens is 552 g/mol. The third kappa shape index (κ3) is 4.23. The molecule has 4 aromatic rings. The van der Waals surface area contributed by atoms with E-state index in [0.717, 1.165) is 16.5 Å². The Balaban J connectivity index is 1.18. The fourth-order valence-corrected chi connectivity index (χ4v) is 6.32. The van der Waals surface area contributed by atoms with E-state index in [9.17, 15) is 19.5 Å². The smallest absolute Gasteiger partial charge is 0.415 e. The molecule has 3 aromatic heterocycles. The third-order valence-electron chi connectivity index (χ3n) is 8.71. The Hall–Kier alpha value is -4.84. The second kappa shape index (κ2) is 10.2. The molecule has 1 atom stereocenters. The van der Waals surface area contributed by atoms with Gasteiger partial charge in [0.05, 0.1) is 29.0 Å². The third-order valence-corrected chi connectivity index (χ3v) is 8.71. The highest BCUT2D eigenvalue weighted by molar-refractivity contribution is 5.90. The molecule has 1 saturated heterocycles. The number of benzene rings is 1. The van der Waals surface area contributed by atoms with Gasteiger partial charge in [-0.1, -0.05) is 13.8 Å². The lowest BCUT2D eigenvalue weighted by molar-refractivity contribution is -0.172. The van der Waals surface area contributed by atoms with Crippen molar-refractivity contribution in [2.75, 3.05) is 31.1 Å². The minimum atomic E-state index is -1.88. The number of rotatable bonds is 4. The van der Waals surface area contributed by atoms with E-state index in [2.05, 4.69) is 9.97 Å². The molecule has 1 aromatic carbocycles. The molecule has 6 heterocycles. The lowest BCUT2D eigenvalue weighted by atomic mass is 9.86. The average Bonchev–Trinajstić information content (AvgIpc) is 3.41. The molecule has 220 valence electrons. The number of fused-ring (bicyclic) bond motifs is 5. The number of ether oxygens (including phenoxy) is 2. The van der Waals surface area contributed by atoms with Gasteiger partial charge in [-0.2, -0.15) is 0 Å². The summed E-state index contributed by atoms with van der Waals surface area (Å²) in [7, 11) is 0. The number of hydrogen-bond donors (Lipinski definition) is 1. The van der Waals surface area contributed by atoms with Crippen molar-refractivity contribution in [3.63, 3.8) is 0 Å². The van der Waals surface area contributed by atoms with E-state index in [1.807, 2.05) is 17.9 Å². The van der Waals surface area contributed by atoms with Crippen LogP contribution < -0.4 is 15.2 Å². The monoisotopic (exact) mass is 582 g/mol. The molecule has 12 heteroatoms. The zero-order valence-corrected chi connectivity index (χ0v) is 23.9. The Kier molecular flexibility index (Phi) is 6.38. The summed E-state index contributed by atoms with van der Waals surface area (Å²) < 4.78 is 12.6. The zero-order valence-electron chi connectivity index (χ0n) is 23.9. The molecule has 0 spiro atoms. The summed E-state index contributed by atoms with van der Waals surface area (Å²) >= 11 is 0. The SMILES string of the molecule is CCc1c2c(nc3ccc(OC(=O)N4CCN(c5ncccn5)CC4)cc13)-c1cc3c(c(=O)n1C2)COC(=O)[C@]3(O)CC. The Bertz CT molecular complexity index is 1850. The second-order valence-electron chi connectivity index (χ2n) is 10.9. The number of aliphatic hydroxyl groups is 1. The molecular formula is C31H30N6O6. The number of amides is 1. The van der Waals surface area contributed by atoms with Crippen LogP contribution in [0.5, 0.6) is 5.75 Å². The highest BCUT2D eigenvalue weighted by Crippen LogP contribution is 2.40. The summed E-state index contributed by atoms with van der Waals surface area (Å²) in [5, 5.41) is 12.0. The number of aromatic nitrogens is 4. The van der Waals surface area contributed by atoms with Gasteiger partial charge in [0.2, 0.25) is 5.95 Å². The van der Waals surface area contributed by atoms with Crippen molar-refractivity contribution in [3.8, 4) is 17.1 Å². The number of esters is 1. The minimum Gasteiger partial charge on any atom is -0.458 e. The molecule has 0 bridgehead atoms. The fourth-order valence-electron chi connectivity index (χ4n) is 6.32. The van der Waals surface area contributed by atoms with Gasteiger partial charge in [-0.15, -0.1) is 0 Å². The maximum atomic E-state index is 13.6. The first-order valence-corrected chi connectivity index (χ1v) is 14.4. The second-order valence-corrected chi connectivity index (χ2v) is 10.9. The standard InChI is InChI=1S/C31H30N6O6/c1-3-19-20-14-18(43-30(40)36-12-10-35(11-13-36)29-32-8-5-9-33-29)6-7-24(20)34-26-21(19)16-37-25(26)15-23-22(27(37)38)17-42-28(39)31(23,41)4-2/h5-9,14-15,41H,3-4,10-13,16-17H2,1-2H3/t31-/m0/s1. The number of anilines is 1. The quantitative estimate of drug-likeness (QED) is 0.315. The van der Waals surface area contributed by atoms with Crippen molar-refractivity contribution in [2.24, 2.45) is 0 Å². The van der Waals surface area contributed by atoms with E-state index >= 15 is 0 Å². The molecule has 0 saturated carbocycles. The summed E-state index contributed by atoms with van der Waals surface area (Å²) in [6.07, 6.45) is 3.71. The lowest BCUT2D eigenvalue weighted by Crippen LogP contribution is -2.50. The van der Waals surface area contributed by atoms with Crippen LogP contribution >= 0.6 is 0 Å². The maximum Gasteiger partial charge on any atom is 0.415 e. The largest absolute Gasteiger partial charge is 0.458 e. The number of nitrogens with zero attached hydrogens (tertiary/aromatic N) is 6. The number of cyclic esters (lactones) is 1. The van der Waals surface area contributed by atoms with E-state index in [0.29, 0.717) is 67.7 Å². The first-order chi connectivity index (χ1) is 20.8. The van der Waals surface area contributed by atoms with Gasteiger partial charge in [0.1, 0.15) is 12.4 Å². The molecule has 1 amide bonds. The predicted octanol–water partition coefficient (Wildman–Crippen LogP) is 2.75. The summed E-state index contributed by atoms with van der Waals surface area (Å²) in [5.74, 6) is 0.305. The molecule has 1 fully saturated rings. The Morgan fingerprint density at radius 2 is 1.84 bits per heavy atom. The highest BCUT2D eigenvalue weighted by atomic mass is 16.6. The number of pyridine rings is 2. The molecule has 0 aliphatic carbocycles. The van der Waals surface area contributed by atoms with Crippen molar-refractivity contribution in [1.29, 1.82) is 0 Å². The summed E-state index contributed by atoms with van der Waals surface area (Å²) in [4.78, 5) is 56.3. The number of aryl methyl sites for hydroxylation is 1. The molecule has 43 heavy (non-hydrogen) atoms. The molecule has 0 radical (unpaired) electrons. The first kappa shape index (κ1) is 27.0. The van der Waals surface area contributed by atoms with Crippen LogP contribution in [0, 0.1) is 0 Å². The van der Waals surface area contributed by atoms with Crippen LogP contribution in [0.15, 0.2) is 47.5 Å². The topological polar surface area (TPSA) is 140 Å². The number of piperazine rings is 1. The highest BCUT2D eigenvalue weighted by Gasteiger charge is 2.45. The fraction of sp³-hybridized carbons (Fsp3) is 0.355. The van der Waals surface area contributed by atoms with Gasteiger partial charge in [0.15, 0.2) is 5.60 Å². The normalized spacial score (nSPS) is 19.1. The van der Waals surface area contributed by atoms with Crippen molar-refractivity contribution in [3.05, 3.63) is 75.3 Å². The Morgan fingerprint density at radius 3 is 2.56 bits per heavy atom. The number of carbonyl (C=O) groups excluding carboxylic acids is 2. The van der Waals surface area contributed by atoms with Crippen LogP contribution in [-0.4, -0.2) is 67.8 Å². The number of carbonyl (C=O) groups is 2. The first-order valence-electron chi connectivity index (χ1n) is 14.4. The average molecular weight is 583 g/mol. The molecule has 7 rings (SSSR count). The van der Waals surface area contributed by atoms with Crippen LogP contribution in [0.2, 0.25) is 0 Å². The zero-order chi connectivity index (χ0) is 29.9. The van der Waals surface area contributed by atoms with Gasteiger partial charge in [0.25, 0.3) is 5.56 Å². The Morgan fingerprint density at radius 1 is 1.07 bits per heavy atom. The minimum absolute atomic E-state index is 0.0819. The van der Waals surface area contributed by atoms with Crippen LogP contribution in [0.25, 0.3) is 22.3 Å². The molecule has 3 aliphatic heterocycles. The predicted molar refractivity (Wildman–Crippen MR) is 156 cm³/mol. The summed E-state index contributed by atoms with van der Waals surface area (Å²) in [6, 6.07) is 8.83.